The summed E-state index contributed by atoms with van der Waals surface area (Å²) in [6, 6.07) is 0. The molecule has 2 N–H and O–H groups in total. The first-order valence-electron chi connectivity index (χ1n) is 5.20. The number of hydrogen-bond donors (Lipinski definition) is 2. The largest absolute Gasteiger partial charge is 0.387 e. The summed E-state index contributed by atoms with van der Waals surface area (Å²) in [5, 5.41) is 20.0. The lowest BCUT2D eigenvalue weighted by molar-refractivity contribution is -0.447. The fraction of sp³-hybridized carbons (Fsp3) is 0.900. The lowest BCUT2D eigenvalue weighted by Gasteiger charge is -2.61. The van der Waals surface area contributed by atoms with Gasteiger partial charge in [0, 0.05) is 6.42 Å². The molecule has 84 valence electrons. The molecule has 15 heavy (non-hydrogen) atoms. The van der Waals surface area contributed by atoms with E-state index in [1.54, 1.807) is 0 Å². The first-order valence-corrected chi connectivity index (χ1v) is 5.20. The van der Waals surface area contributed by atoms with Crippen LogP contribution in [0.25, 0.3) is 0 Å². The lowest BCUT2D eigenvalue weighted by Crippen LogP contribution is -2.76. The van der Waals surface area contributed by atoms with Crippen molar-refractivity contribution in [2.24, 2.45) is 11.8 Å². The van der Waals surface area contributed by atoms with Gasteiger partial charge in [-0.2, -0.15) is 0 Å². The molecule has 6 unspecified atom stereocenters. The molecule has 1 aliphatic carbocycles. The van der Waals surface area contributed by atoms with E-state index in [-0.39, 0.29) is 24.2 Å². The van der Waals surface area contributed by atoms with Crippen LogP contribution in [0.4, 0.5) is 0 Å². The zero-order valence-corrected chi connectivity index (χ0v) is 8.64. The predicted molar refractivity (Wildman–Crippen MR) is 47.6 cm³/mol. The summed E-state index contributed by atoms with van der Waals surface area (Å²) >= 11 is 0. The highest BCUT2D eigenvalue weighted by Gasteiger charge is 2.69. The molecule has 4 rings (SSSR count). The van der Waals surface area contributed by atoms with Crippen molar-refractivity contribution in [3.63, 3.8) is 0 Å². The van der Waals surface area contributed by atoms with Crippen LogP contribution in [-0.4, -0.2) is 39.8 Å². The molecule has 0 radical (unpaired) electrons. The summed E-state index contributed by atoms with van der Waals surface area (Å²) in [7, 11) is 0. The van der Waals surface area contributed by atoms with E-state index in [4.69, 9.17) is 9.47 Å². The van der Waals surface area contributed by atoms with Gasteiger partial charge in [0.15, 0.2) is 11.6 Å². The van der Waals surface area contributed by atoms with Crippen molar-refractivity contribution < 1.29 is 24.5 Å². The fourth-order valence-electron chi connectivity index (χ4n) is 3.09. The standard InChI is InChI=1S/C10H14O5/c1-4-5-3-10(13)8(12)6(4)7(11)9(2,14-5)15-10/h4-6,8,12-13H,3H2,1-2H3. The highest BCUT2D eigenvalue weighted by atomic mass is 16.8. The van der Waals surface area contributed by atoms with Gasteiger partial charge < -0.3 is 19.7 Å². The summed E-state index contributed by atoms with van der Waals surface area (Å²) in [6.07, 6.45) is -1.11. The molecule has 5 heteroatoms. The van der Waals surface area contributed by atoms with Crippen molar-refractivity contribution in [2.75, 3.05) is 0 Å². The van der Waals surface area contributed by atoms with E-state index in [2.05, 4.69) is 0 Å². The van der Waals surface area contributed by atoms with Gasteiger partial charge in [0.1, 0.15) is 6.10 Å². The SMILES string of the molecule is CC1C2CC3(O)OC(C)(O2)C(=O)C1C3O. The zero-order chi connectivity index (χ0) is 11.0. The molecule has 0 amide bonds. The molecular weight excluding hydrogens is 200 g/mol. The van der Waals surface area contributed by atoms with Crippen molar-refractivity contribution in [1.29, 1.82) is 0 Å². The molecule has 4 aliphatic rings. The summed E-state index contributed by atoms with van der Waals surface area (Å²) < 4.78 is 10.7. The van der Waals surface area contributed by atoms with Gasteiger partial charge in [0.25, 0.3) is 0 Å². The molecular formula is C10H14O5. The number of ketones is 1. The van der Waals surface area contributed by atoms with E-state index in [9.17, 15) is 15.0 Å². The number of carbonyl (C=O) groups excluding carboxylic acids is 1. The van der Waals surface area contributed by atoms with Crippen LogP contribution in [0.1, 0.15) is 20.3 Å². The van der Waals surface area contributed by atoms with Gasteiger partial charge in [0.05, 0.1) is 12.0 Å². The summed E-state index contributed by atoms with van der Waals surface area (Å²) in [5.41, 5.74) is 0. The first-order chi connectivity index (χ1) is 6.87. The second kappa shape index (κ2) is 2.43. The number of aliphatic hydroxyl groups is 2. The Hall–Kier alpha value is -0.490. The Morgan fingerprint density at radius 2 is 2.20 bits per heavy atom. The van der Waals surface area contributed by atoms with Crippen LogP contribution in [0.2, 0.25) is 0 Å². The van der Waals surface area contributed by atoms with E-state index in [1.807, 2.05) is 6.92 Å². The van der Waals surface area contributed by atoms with Crippen molar-refractivity contribution in [1.82, 2.24) is 0 Å². The van der Waals surface area contributed by atoms with E-state index < -0.39 is 23.6 Å². The van der Waals surface area contributed by atoms with Crippen molar-refractivity contribution in [2.45, 2.75) is 44.1 Å². The Morgan fingerprint density at radius 1 is 1.53 bits per heavy atom. The second-order valence-electron chi connectivity index (χ2n) is 4.95. The van der Waals surface area contributed by atoms with Crippen LogP contribution in [0.3, 0.4) is 0 Å². The Kier molecular flexibility index (Phi) is 1.57. The van der Waals surface area contributed by atoms with Gasteiger partial charge in [-0.15, -0.1) is 0 Å². The molecule has 1 saturated carbocycles. The maximum atomic E-state index is 11.9. The van der Waals surface area contributed by atoms with Crippen LogP contribution in [0.15, 0.2) is 0 Å². The van der Waals surface area contributed by atoms with Gasteiger partial charge in [0.2, 0.25) is 5.79 Å². The molecule has 0 aromatic carbocycles. The molecule has 0 aromatic heterocycles. The fourth-order valence-corrected chi connectivity index (χ4v) is 3.09. The normalized spacial score (nSPS) is 62.5. The minimum Gasteiger partial charge on any atom is -0.387 e. The molecule has 3 aliphatic heterocycles. The molecule has 0 spiro atoms. The Balaban J connectivity index is 2.11. The number of rotatable bonds is 0. The van der Waals surface area contributed by atoms with Gasteiger partial charge in [-0.1, -0.05) is 6.92 Å². The number of hydrogen-bond acceptors (Lipinski definition) is 5. The van der Waals surface area contributed by atoms with E-state index in [0.29, 0.717) is 0 Å². The van der Waals surface area contributed by atoms with Crippen LogP contribution in [-0.2, 0) is 14.3 Å². The third kappa shape index (κ3) is 0.945. The highest BCUT2D eigenvalue weighted by Crippen LogP contribution is 2.53. The van der Waals surface area contributed by atoms with Crippen LogP contribution in [0.5, 0.6) is 0 Å². The summed E-state index contributed by atoms with van der Waals surface area (Å²) in [4.78, 5) is 11.9. The average Bonchev–Trinajstić information content (AvgIpc) is 2.12. The van der Waals surface area contributed by atoms with E-state index >= 15 is 0 Å². The minimum absolute atomic E-state index is 0.0650. The number of ether oxygens (including phenoxy) is 2. The van der Waals surface area contributed by atoms with E-state index in [1.165, 1.54) is 6.92 Å². The summed E-state index contributed by atoms with van der Waals surface area (Å²) in [5.74, 6) is -3.87. The van der Waals surface area contributed by atoms with Crippen molar-refractivity contribution >= 4 is 5.78 Å². The average molecular weight is 214 g/mol. The Labute approximate surface area is 87.0 Å². The van der Waals surface area contributed by atoms with Crippen LogP contribution in [0, 0.1) is 11.8 Å². The number of carbonyl (C=O) groups is 1. The minimum atomic E-state index is -1.61. The number of aliphatic hydroxyl groups excluding tert-OH is 1. The van der Waals surface area contributed by atoms with Crippen molar-refractivity contribution in [3.8, 4) is 0 Å². The molecule has 4 fully saturated rings. The quantitative estimate of drug-likeness (QED) is 0.563. The first kappa shape index (κ1) is 9.72. The Bertz CT molecular complexity index is 343. The second-order valence-corrected chi connectivity index (χ2v) is 4.95. The molecule has 5 nitrogen and oxygen atoms in total. The smallest absolute Gasteiger partial charge is 0.229 e. The molecule has 0 aromatic rings. The molecule has 3 heterocycles. The third-order valence-corrected chi connectivity index (χ3v) is 3.95. The zero-order valence-electron chi connectivity index (χ0n) is 8.64. The molecule has 6 atom stereocenters. The number of Topliss-reactive ketones (excluding diaryl/α,β-unsaturated/α-hetero) is 1. The topological polar surface area (TPSA) is 76.0 Å². The molecule has 4 bridgehead atoms. The maximum absolute atomic E-state index is 11.9. The monoisotopic (exact) mass is 214 g/mol. The van der Waals surface area contributed by atoms with Crippen LogP contribution >= 0.6 is 0 Å². The van der Waals surface area contributed by atoms with Crippen molar-refractivity contribution in [3.05, 3.63) is 0 Å². The molecule has 3 saturated heterocycles. The van der Waals surface area contributed by atoms with Gasteiger partial charge in [-0.3, -0.25) is 4.79 Å². The van der Waals surface area contributed by atoms with Gasteiger partial charge in [-0.25, -0.2) is 0 Å². The van der Waals surface area contributed by atoms with E-state index in [0.717, 1.165) is 0 Å². The highest BCUT2D eigenvalue weighted by molar-refractivity contribution is 5.90. The third-order valence-electron chi connectivity index (χ3n) is 3.95. The Morgan fingerprint density at radius 3 is 2.87 bits per heavy atom. The van der Waals surface area contributed by atoms with Crippen LogP contribution < -0.4 is 0 Å². The maximum Gasteiger partial charge on any atom is 0.229 e. The van der Waals surface area contributed by atoms with Gasteiger partial charge in [-0.05, 0) is 12.8 Å². The lowest BCUT2D eigenvalue weighted by atomic mass is 9.65. The van der Waals surface area contributed by atoms with Gasteiger partial charge >= 0.3 is 0 Å². The predicted octanol–water partition coefficient (Wildman–Crippen LogP) is -0.594. The summed E-state index contributed by atoms with van der Waals surface area (Å²) in [6.45, 7) is 3.37.